The van der Waals surface area contributed by atoms with Gasteiger partial charge in [0.15, 0.2) is 0 Å². The Balaban J connectivity index is 0.00000169. The zero-order chi connectivity index (χ0) is 10.4. The molecule has 1 saturated heterocycles. The Morgan fingerprint density at radius 3 is 1.79 bits per heavy atom. The van der Waals surface area contributed by atoms with Crippen molar-refractivity contribution in [2.75, 3.05) is 0 Å². The topological polar surface area (TPSA) is 49.4 Å². The van der Waals surface area contributed by atoms with Gasteiger partial charge in [-0.1, -0.05) is 7.43 Å². The van der Waals surface area contributed by atoms with Gasteiger partial charge >= 0.3 is 6.03 Å². The molecule has 0 aromatic carbocycles. The van der Waals surface area contributed by atoms with Gasteiger partial charge < -0.3 is 5.32 Å². The summed E-state index contributed by atoms with van der Waals surface area (Å²) in [5.41, 5.74) is -1.21. The summed E-state index contributed by atoms with van der Waals surface area (Å²) >= 11 is 0. The van der Waals surface area contributed by atoms with Crippen LogP contribution in [0.2, 0.25) is 0 Å². The lowest BCUT2D eigenvalue weighted by atomic mass is 10.0. The molecule has 4 heteroatoms. The fraction of sp³-hybridized carbons (Fsp3) is 0.800. The lowest BCUT2D eigenvalue weighted by Gasteiger charge is -2.29. The summed E-state index contributed by atoms with van der Waals surface area (Å²) in [4.78, 5) is 24.4. The van der Waals surface area contributed by atoms with Gasteiger partial charge in [-0.15, -0.1) is 0 Å². The van der Waals surface area contributed by atoms with Crippen molar-refractivity contribution >= 4 is 11.9 Å². The van der Waals surface area contributed by atoms with E-state index in [1.807, 2.05) is 20.8 Å². The fourth-order valence-electron chi connectivity index (χ4n) is 1.36. The molecule has 0 atom stereocenters. The normalized spacial score (nSPS) is 20.5. The highest BCUT2D eigenvalue weighted by atomic mass is 16.2. The van der Waals surface area contributed by atoms with E-state index >= 15 is 0 Å². The van der Waals surface area contributed by atoms with Crippen molar-refractivity contribution in [2.45, 2.75) is 53.1 Å². The van der Waals surface area contributed by atoms with Crippen LogP contribution in [0.3, 0.4) is 0 Å². The Morgan fingerprint density at radius 1 is 1.21 bits per heavy atom. The summed E-state index contributed by atoms with van der Waals surface area (Å²) in [6.07, 6.45) is 0. The van der Waals surface area contributed by atoms with Crippen LogP contribution in [0.15, 0.2) is 0 Å². The molecule has 0 aromatic heterocycles. The summed E-state index contributed by atoms with van der Waals surface area (Å²) in [6, 6.07) is -0.303. The van der Waals surface area contributed by atoms with E-state index in [1.54, 1.807) is 13.8 Å². The molecule has 1 N–H and O–H groups in total. The van der Waals surface area contributed by atoms with Gasteiger partial charge in [0.25, 0.3) is 5.91 Å². The zero-order valence-electron chi connectivity index (χ0n) is 8.76. The summed E-state index contributed by atoms with van der Waals surface area (Å²) < 4.78 is 0. The maximum atomic E-state index is 11.7. The summed E-state index contributed by atoms with van der Waals surface area (Å²) in [5.74, 6) is -0.162. The molecule has 14 heavy (non-hydrogen) atoms. The number of nitrogens with zero attached hydrogens (tertiary/aromatic N) is 1. The second-order valence-electron chi connectivity index (χ2n) is 4.87. The van der Waals surface area contributed by atoms with E-state index in [4.69, 9.17) is 0 Å². The second-order valence-corrected chi connectivity index (χ2v) is 4.87. The number of rotatable bonds is 0. The molecule has 0 spiro atoms. The highest BCUT2D eigenvalue weighted by Crippen LogP contribution is 2.24. The third-order valence-corrected chi connectivity index (χ3v) is 2.03. The van der Waals surface area contributed by atoms with E-state index in [9.17, 15) is 9.59 Å². The number of hydrogen-bond acceptors (Lipinski definition) is 2. The predicted octanol–water partition coefficient (Wildman–Crippen LogP) is 1.75. The van der Waals surface area contributed by atoms with Crippen molar-refractivity contribution in [3.05, 3.63) is 0 Å². The minimum atomic E-state index is -0.760. The van der Waals surface area contributed by atoms with Crippen molar-refractivity contribution in [3.63, 3.8) is 0 Å². The maximum Gasteiger partial charge on any atom is 0.325 e. The van der Waals surface area contributed by atoms with Crippen LogP contribution in [0.4, 0.5) is 4.79 Å². The number of carbonyl (C=O) groups is 2. The first kappa shape index (κ1) is 12.9. The van der Waals surface area contributed by atoms with Crippen LogP contribution in [0.25, 0.3) is 0 Å². The molecule has 4 nitrogen and oxygen atoms in total. The second kappa shape index (κ2) is 3.26. The Kier molecular flexibility index (Phi) is 3.01. The van der Waals surface area contributed by atoms with Gasteiger partial charge in [0.05, 0.1) is 0 Å². The van der Waals surface area contributed by atoms with E-state index in [0.717, 1.165) is 0 Å². The predicted molar refractivity (Wildman–Crippen MR) is 55.9 cm³/mol. The Morgan fingerprint density at radius 2 is 1.64 bits per heavy atom. The van der Waals surface area contributed by atoms with E-state index in [0.29, 0.717) is 0 Å². The molecule has 1 aliphatic rings. The van der Waals surface area contributed by atoms with Crippen molar-refractivity contribution < 1.29 is 9.59 Å². The van der Waals surface area contributed by atoms with Crippen LogP contribution in [0, 0.1) is 0 Å². The van der Waals surface area contributed by atoms with Gasteiger partial charge in [-0.3, -0.25) is 9.69 Å². The molecule has 1 fully saturated rings. The lowest BCUT2D eigenvalue weighted by Crippen LogP contribution is -2.47. The quantitative estimate of drug-likeness (QED) is 0.606. The van der Waals surface area contributed by atoms with Gasteiger partial charge in [-0.05, 0) is 34.6 Å². The molecular formula is C10H20N2O2. The van der Waals surface area contributed by atoms with Crippen LogP contribution in [0.5, 0.6) is 0 Å². The molecule has 0 saturated carbocycles. The average molecular weight is 200 g/mol. The molecule has 82 valence electrons. The van der Waals surface area contributed by atoms with Gasteiger partial charge in [0.2, 0.25) is 0 Å². The van der Waals surface area contributed by atoms with E-state index in [2.05, 4.69) is 5.32 Å². The molecule has 1 aliphatic heterocycles. The van der Waals surface area contributed by atoms with Crippen molar-refractivity contribution in [3.8, 4) is 0 Å². The summed E-state index contributed by atoms with van der Waals surface area (Å²) in [5, 5.41) is 2.64. The first-order valence-electron chi connectivity index (χ1n) is 4.33. The monoisotopic (exact) mass is 200 g/mol. The molecule has 1 heterocycles. The number of carbonyl (C=O) groups excluding carboxylic acids is 2. The van der Waals surface area contributed by atoms with E-state index in [-0.39, 0.29) is 19.4 Å². The van der Waals surface area contributed by atoms with Crippen molar-refractivity contribution in [1.29, 1.82) is 0 Å². The van der Waals surface area contributed by atoms with Crippen LogP contribution in [-0.4, -0.2) is 27.9 Å². The maximum absolute atomic E-state index is 11.7. The third-order valence-electron chi connectivity index (χ3n) is 2.03. The van der Waals surface area contributed by atoms with Crippen molar-refractivity contribution in [2.24, 2.45) is 0 Å². The molecule has 0 aliphatic carbocycles. The number of amides is 3. The van der Waals surface area contributed by atoms with E-state index < -0.39 is 11.1 Å². The molecule has 0 unspecified atom stereocenters. The molecule has 1 rings (SSSR count). The highest BCUT2D eigenvalue weighted by Gasteiger charge is 2.48. The first-order valence-corrected chi connectivity index (χ1v) is 4.33. The van der Waals surface area contributed by atoms with Gasteiger partial charge in [0.1, 0.15) is 5.54 Å². The number of imide groups is 1. The summed E-state index contributed by atoms with van der Waals surface area (Å²) in [7, 11) is 0. The molecule has 0 radical (unpaired) electrons. The van der Waals surface area contributed by atoms with Gasteiger partial charge in [0, 0.05) is 5.54 Å². The Hall–Kier alpha value is -1.06. The largest absolute Gasteiger partial charge is 0.325 e. The molecular weight excluding hydrogens is 180 g/mol. The van der Waals surface area contributed by atoms with Crippen LogP contribution >= 0.6 is 0 Å². The minimum absolute atomic E-state index is 0. The van der Waals surface area contributed by atoms with Crippen LogP contribution < -0.4 is 5.32 Å². The standard InChI is InChI=1S/C9H16N2O2.CH4/c1-8(2,3)11-6(12)9(4,5)10-7(11)13;/h1-5H3,(H,10,13);1H4. The molecule has 0 bridgehead atoms. The lowest BCUT2D eigenvalue weighted by molar-refractivity contribution is -0.133. The SMILES string of the molecule is C.CC1(C)NC(=O)N(C(C)(C)C)C1=O. The highest BCUT2D eigenvalue weighted by molar-refractivity contribution is 6.07. The van der Waals surface area contributed by atoms with Crippen LogP contribution in [0.1, 0.15) is 42.0 Å². The molecule has 3 amide bonds. The number of hydrogen-bond donors (Lipinski definition) is 1. The van der Waals surface area contributed by atoms with Crippen LogP contribution in [-0.2, 0) is 4.79 Å². The first-order chi connectivity index (χ1) is 5.66. The number of nitrogens with one attached hydrogen (secondary N) is 1. The van der Waals surface area contributed by atoms with Gasteiger partial charge in [-0.2, -0.15) is 0 Å². The smallest absolute Gasteiger partial charge is 0.324 e. The minimum Gasteiger partial charge on any atom is -0.324 e. The number of urea groups is 1. The average Bonchev–Trinajstić information content (AvgIpc) is 1.99. The third kappa shape index (κ3) is 1.89. The van der Waals surface area contributed by atoms with Crippen molar-refractivity contribution in [1.82, 2.24) is 10.2 Å². The Labute approximate surface area is 85.7 Å². The Bertz CT molecular complexity index is 264. The van der Waals surface area contributed by atoms with E-state index in [1.165, 1.54) is 4.90 Å². The fourth-order valence-corrected chi connectivity index (χ4v) is 1.36. The molecule has 0 aromatic rings. The summed E-state index contributed by atoms with van der Waals surface area (Å²) in [6.45, 7) is 8.93. The van der Waals surface area contributed by atoms with Gasteiger partial charge in [-0.25, -0.2) is 4.79 Å². The zero-order valence-corrected chi connectivity index (χ0v) is 8.76.